The third-order valence-corrected chi connectivity index (χ3v) is 3.30. The Morgan fingerprint density at radius 3 is 2.94 bits per heavy atom. The molecule has 1 aliphatic carbocycles. The van der Waals surface area contributed by atoms with Gasteiger partial charge in [0, 0.05) is 24.8 Å². The van der Waals surface area contributed by atoms with Gasteiger partial charge in [0.05, 0.1) is 19.1 Å². The van der Waals surface area contributed by atoms with Crippen molar-refractivity contribution in [3.8, 4) is 0 Å². The zero-order valence-electron chi connectivity index (χ0n) is 9.79. The molecule has 0 aromatic carbocycles. The maximum Gasteiger partial charge on any atom is 0.0980 e. The Kier molecular flexibility index (Phi) is 2.86. The molecule has 4 nitrogen and oxygen atoms in total. The van der Waals surface area contributed by atoms with Crippen LogP contribution in [0.25, 0.3) is 0 Å². The summed E-state index contributed by atoms with van der Waals surface area (Å²) in [5, 5.41) is 10.5. The Bertz CT molecular complexity index is 442. The lowest BCUT2D eigenvalue weighted by atomic mass is 10.0. The Hall–Kier alpha value is -1.71. The fraction of sp³-hybridized carbons (Fsp3) is 0.462. The Labute approximate surface area is 101 Å². The van der Waals surface area contributed by atoms with Gasteiger partial charge in [-0.2, -0.15) is 5.11 Å². The van der Waals surface area contributed by atoms with Crippen LogP contribution >= 0.6 is 0 Å². The van der Waals surface area contributed by atoms with Crippen LogP contribution in [0.2, 0.25) is 0 Å². The lowest BCUT2D eigenvalue weighted by Crippen LogP contribution is -2.32. The van der Waals surface area contributed by atoms with Crippen LogP contribution in [-0.4, -0.2) is 30.4 Å². The first-order chi connectivity index (χ1) is 8.45. The number of allylic oxidation sites excluding steroid dienone is 4. The summed E-state index contributed by atoms with van der Waals surface area (Å²) in [6.07, 6.45) is 13.8. The van der Waals surface area contributed by atoms with Gasteiger partial charge >= 0.3 is 0 Å². The molecule has 0 amide bonds. The monoisotopic (exact) mass is 228 g/mol. The van der Waals surface area contributed by atoms with Gasteiger partial charge < -0.3 is 0 Å². The summed E-state index contributed by atoms with van der Waals surface area (Å²) in [5.74, 6) is 0. The van der Waals surface area contributed by atoms with Crippen molar-refractivity contribution in [3.63, 3.8) is 0 Å². The van der Waals surface area contributed by atoms with Crippen LogP contribution in [0.15, 0.2) is 50.9 Å². The summed E-state index contributed by atoms with van der Waals surface area (Å²) in [7, 11) is 0. The highest BCUT2D eigenvalue weighted by molar-refractivity contribution is 5.61. The van der Waals surface area contributed by atoms with Crippen molar-refractivity contribution in [1.29, 1.82) is 0 Å². The SMILES string of the molecule is C1=CCC(N2N=NCC2C2=CCC=NC2)=CC1. The molecule has 88 valence electrons. The van der Waals surface area contributed by atoms with E-state index in [4.69, 9.17) is 0 Å². The molecule has 0 saturated carbocycles. The molecule has 0 spiro atoms. The molecular weight excluding hydrogens is 212 g/mol. The third-order valence-electron chi connectivity index (χ3n) is 3.30. The second kappa shape index (κ2) is 4.65. The minimum absolute atomic E-state index is 0.296. The zero-order chi connectivity index (χ0) is 11.5. The maximum absolute atomic E-state index is 4.35. The first-order valence-electron chi connectivity index (χ1n) is 6.13. The van der Waals surface area contributed by atoms with Crippen LogP contribution in [0.4, 0.5) is 0 Å². The van der Waals surface area contributed by atoms with Crippen LogP contribution < -0.4 is 0 Å². The van der Waals surface area contributed by atoms with Gasteiger partial charge in [0.25, 0.3) is 0 Å². The van der Waals surface area contributed by atoms with Crippen LogP contribution in [0.3, 0.4) is 0 Å². The lowest BCUT2D eigenvalue weighted by molar-refractivity contribution is 0.324. The van der Waals surface area contributed by atoms with Gasteiger partial charge in [-0.3, -0.25) is 4.99 Å². The summed E-state index contributed by atoms with van der Waals surface area (Å²) in [5.41, 5.74) is 2.63. The molecule has 17 heavy (non-hydrogen) atoms. The number of nitrogens with zero attached hydrogens (tertiary/aromatic N) is 4. The predicted octanol–water partition coefficient (Wildman–Crippen LogP) is 2.67. The smallest absolute Gasteiger partial charge is 0.0980 e. The minimum Gasteiger partial charge on any atom is -0.293 e. The van der Waals surface area contributed by atoms with Crippen LogP contribution in [-0.2, 0) is 0 Å². The van der Waals surface area contributed by atoms with Gasteiger partial charge in [-0.1, -0.05) is 29.5 Å². The molecule has 2 heterocycles. The number of dihydropyridines is 1. The second-order valence-electron chi connectivity index (χ2n) is 4.42. The molecule has 2 aliphatic heterocycles. The number of hydrogen-bond donors (Lipinski definition) is 0. The first-order valence-corrected chi connectivity index (χ1v) is 6.13. The van der Waals surface area contributed by atoms with E-state index in [9.17, 15) is 0 Å². The third kappa shape index (κ3) is 2.07. The van der Waals surface area contributed by atoms with Crippen molar-refractivity contribution < 1.29 is 0 Å². The number of rotatable bonds is 2. The van der Waals surface area contributed by atoms with Crippen molar-refractivity contribution in [2.75, 3.05) is 13.1 Å². The Morgan fingerprint density at radius 2 is 2.18 bits per heavy atom. The van der Waals surface area contributed by atoms with E-state index in [1.807, 2.05) is 6.21 Å². The highest BCUT2D eigenvalue weighted by Crippen LogP contribution is 2.27. The molecule has 0 aromatic heterocycles. The van der Waals surface area contributed by atoms with E-state index in [1.54, 1.807) is 0 Å². The van der Waals surface area contributed by atoms with E-state index in [1.165, 1.54) is 11.3 Å². The molecule has 1 unspecified atom stereocenters. The predicted molar refractivity (Wildman–Crippen MR) is 67.9 cm³/mol. The molecule has 3 aliphatic rings. The normalized spacial score (nSPS) is 27.3. The maximum atomic E-state index is 4.35. The molecule has 0 radical (unpaired) electrons. The first kappa shape index (κ1) is 10.4. The highest BCUT2D eigenvalue weighted by Gasteiger charge is 2.28. The van der Waals surface area contributed by atoms with E-state index in [-0.39, 0.29) is 0 Å². The van der Waals surface area contributed by atoms with Gasteiger partial charge in [0.2, 0.25) is 0 Å². The zero-order valence-corrected chi connectivity index (χ0v) is 9.79. The average molecular weight is 228 g/mol. The van der Waals surface area contributed by atoms with E-state index in [2.05, 4.69) is 44.6 Å². The standard InChI is InChI=1S/C13H16N4/c1-2-6-12(7-3-1)17-13(10-15-16-17)11-5-4-8-14-9-11/h1-2,5,7-8,13H,3-4,6,9-10H2. The molecule has 4 heteroatoms. The van der Waals surface area contributed by atoms with E-state index >= 15 is 0 Å². The quantitative estimate of drug-likeness (QED) is 0.670. The fourth-order valence-electron chi connectivity index (χ4n) is 2.38. The summed E-state index contributed by atoms with van der Waals surface area (Å²) in [6, 6.07) is 0.296. The van der Waals surface area contributed by atoms with Crippen molar-refractivity contribution >= 4 is 6.21 Å². The van der Waals surface area contributed by atoms with Crippen molar-refractivity contribution in [2.45, 2.75) is 25.3 Å². The van der Waals surface area contributed by atoms with Gasteiger partial charge in [0.1, 0.15) is 0 Å². The summed E-state index contributed by atoms with van der Waals surface area (Å²) in [6.45, 7) is 1.57. The second-order valence-corrected chi connectivity index (χ2v) is 4.42. The van der Waals surface area contributed by atoms with Gasteiger partial charge in [-0.25, -0.2) is 5.01 Å². The molecule has 1 atom stereocenters. The number of hydrogen-bond acceptors (Lipinski definition) is 4. The van der Waals surface area contributed by atoms with Crippen LogP contribution in [0.5, 0.6) is 0 Å². The van der Waals surface area contributed by atoms with Crippen LogP contribution in [0, 0.1) is 0 Å². The van der Waals surface area contributed by atoms with E-state index < -0.39 is 0 Å². The molecule has 3 rings (SSSR count). The molecule has 0 N–H and O–H groups in total. The largest absolute Gasteiger partial charge is 0.293 e. The lowest BCUT2D eigenvalue weighted by Gasteiger charge is -2.27. The Balaban J connectivity index is 1.77. The average Bonchev–Trinajstić information content (AvgIpc) is 2.90. The van der Waals surface area contributed by atoms with Gasteiger partial charge in [0.15, 0.2) is 0 Å². The van der Waals surface area contributed by atoms with Crippen molar-refractivity contribution in [2.24, 2.45) is 15.3 Å². The molecule has 0 aromatic rings. The number of aliphatic imine (C=N–C) groups is 1. The summed E-state index contributed by atoms with van der Waals surface area (Å²) >= 11 is 0. The van der Waals surface area contributed by atoms with E-state index in [0.717, 1.165) is 32.4 Å². The minimum atomic E-state index is 0.296. The molecular formula is C13H16N4. The van der Waals surface area contributed by atoms with Gasteiger partial charge in [-0.05, 0) is 12.0 Å². The summed E-state index contributed by atoms with van der Waals surface area (Å²) in [4.78, 5) is 4.35. The van der Waals surface area contributed by atoms with Gasteiger partial charge in [-0.15, -0.1) is 0 Å². The molecule has 0 bridgehead atoms. The van der Waals surface area contributed by atoms with Crippen molar-refractivity contribution in [1.82, 2.24) is 5.01 Å². The van der Waals surface area contributed by atoms with Crippen LogP contribution in [0.1, 0.15) is 19.3 Å². The summed E-state index contributed by atoms with van der Waals surface area (Å²) < 4.78 is 0. The van der Waals surface area contributed by atoms with E-state index in [0.29, 0.717) is 6.04 Å². The highest BCUT2D eigenvalue weighted by atomic mass is 15.6. The Morgan fingerprint density at radius 1 is 1.18 bits per heavy atom. The topological polar surface area (TPSA) is 40.3 Å². The van der Waals surface area contributed by atoms with Crippen molar-refractivity contribution in [3.05, 3.63) is 35.6 Å². The fourth-order valence-corrected chi connectivity index (χ4v) is 2.38. The molecule has 0 saturated heterocycles. The molecule has 0 fully saturated rings.